The Kier molecular flexibility index (Phi) is 6.64. The summed E-state index contributed by atoms with van der Waals surface area (Å²) in [7, 11) is 1.41. The lowest BCUT2D eigenvalue weighted by Crippen LogP contribution is -2.23. The van der Waals surface area contributed by atoms with Crippen LogP contribution in [0.3, 0.4) is 0 Å². The van der Waals surface area contributed by atoms with Gasteiger partial charge in [-0.25, -0.2) is 9.97 Å². The smallest absolute Gasteiger partial charge is 0.387 e. The highest BCUT2D eigenvalue weighted by Gasteiger charge is 2.21. The Morgan fingerprint density at radius 1 is 1.26 bits per heavy atom. The second kappa shape index (κ2) is 9.64. The lowest BCUT2D eigenvalue weighted by atomic mass is 9.92. The van der Waals surface area contributed by atoms with Gasteiger partial charge in [-0.1, -0.05) is 6.08 Å². The fourth-order valence-electron chi connectivity index (χ4n) is 3.95. The van der Waals surface area contributed by atoms with Crippen LogP contribution in [0, 0.1) is 12.9 Å². The molecule has 1 aromatic carbocycles. The maximum Gasteiger partial charge on any atom is 0.387 e. The number of halogens is 3. The summed E-state index contributed by atoms with van der Waals surface area (Å²) in [4.78, 5) is 34.8. The van der Waals surface area contributed by atoms with E-state index in [2.05, 4.69) is 30.3 Å². The van der Waals surface area contributed by atoms with Gasteiger partial charge in [0.25, 0.3) is 11.5 Å². The van der Waals surface area contributed by atoms with Crippen LogP contribution in [0.4, 0.5) is 13.2 Å². The van der Waals surface area contributed by atoms with Crippen LogP contribution in [0.25, 0.3) is 16.6 Å². The molecular weight excluding hydrogens is 451 g/mol. The van der Waals surface area contributed by atoms with E-state index in [9.17, 15) is 18.4 Å². The molecule has 3 N–H and O–H groups in total. The van der Waals surface area contributed by atoms with Crippen molar-refractivity contribution >= 4 is 22.5 Å². The van der Waals surface area contributed by atoms with Gasteiger partial charge in [-0.15, -0.1) is 0 Å². The number of alkyl halides is 2. The van der Waals surface area contributed by atoms with Gasteiger partial charge in [-0.2, -0.15) is 13.2 Å². The quantitative estimate of drug-likeness (QED) is 0.475. The molecule has 0 radical (unpaired) electrons. The molecule has 0 aliphatic carbocycles. The molecule has 178 valence electrons. The third-order valence-corrected chi connectivity index (χ3v) is 5.50. The monoisotopic (exact) mass is 473 g/mol. The molecule has 4 rings (SSSR count). The summed E-state index contributed by atoms with van der Waals surface area (Å²) in [5.41, 5.74) is 1.71. The van der Waals surface area contributed by atoms with Crippen LogP contribution in [0.15, 0.2) is 29.1 Å². The molecule has 1 aliphatic heterocycles. The number of carbonyl (C=O) groups excluding carboxylic acids is 1. The molecule has 34 heavy (non-hydrogen) atoms. The van der Waals surface area contributed by atoms with Gasteiger partial charge in [0, 0.05) is 19.2 Å². The molecule has 1 aliphatic rings. The number of hydrogen-bond donors (Lipinski definition) is 3. The Balaban J connectivity index is 1.88. The lowest BCUT2D eigenvalue weighted by Gasteiger charge is -2.19. The van der Waals surface area contributed by atoms with Crippen LogP contribution in [0.1, 0.15) is 39.3 Å². The molecule has 0 saturated carbocycles. The molecular formula is C23H22F3N5O3. The third-order valence-electron chi connectivity index (χ3n) is 5.50. The Bertz CT molecular complexity index is 1350. The highest BCUT2D eigenvalue weighted by atomic mass is 19.3. The van der Waals surface area contributed by atoms with E-state index in [0.29, 0.717) is 30.6 Å². The standard InChI is InChI=1S/C23H22F3N5O3/c1-11-21(32)31-15-8-12(9-17(19(15)29-11)34-23(25)26)7-14-10-16(22(33)27-2)30-20(24)18(14)13-3-5-28-6-4-13/h3,8-10,23,28H,4-7H2,1-2H3,(H,27,33)(H,31,32). The van der Waals surface area contributed by atoms with Gasteiger partial charge in [-0.05, 0) is 61.2 Å². The van der Waals surface area contributed by atoms with E-state index in [0.717, 1.165) is 5.57 Å². The van der Waals surface area contributed by atoms with Crippen LogP contribution < -0.4 is 20.9 Å². The topological polar surface area (TPSA) is 109 Å². The SMILES string of the molecule is CNC(=O)c1cc(Cc2cc(OC(F)F)c3nc(C)c(=O)[nH]c3c2)c(C2=CCNCC2)c(F)n1. The fraction of sp³-hybridized carbons (Fsp3) is 0.304. The number of fused-ring (bicyclic) bond motifs is 1. The summed E-state index contributed by atoms with van der Waals surface area (Å²) in [6, 6.07) is 4.42. The predicted octanol–water partition coefficient (Wildman–Crippen LogP) is 2.69. The maximum absolute atomic E-state index is 15.2. The average Bonchev–Trinajstić information content (AvgIpc) is 2.80. The first-order chi connectivity index (χ1) is 16.3. The largest absolute Gasteiger partial charge is 0.432 e. The van der Waals surface area contributed by atoms with Gasteiger partial charge in [0.15, 0.2) is 5.75 Å². The van der Waals surface area contributed by atoms with Crippen molar-refractivity contribution in [3.63, 3.8) is 0 Å². The number of aromatic nitrogens is 3. The molecule has 0 bridgehead atoms. The number of aryl methyl sites for hydroxylation is 1. The van der Waals surface area contributed by atoms with Crippen LogP contribution in [-0.4, -0.2) is 47.6 Å². The van der Waals surface area contributed by atoms with E-state index < -0.39 is 24.0 Å². The highest BCUT2D eigenvalue weighted by molar-refractivity contribution is 5.92. The number of benzene rings is 1. The minimum Gasteiger partial charge on any atom is -0.432 e. The molecule has 1 amide bonds. The van der Waals surface area contributed by atoms with E-state index >= 15 is 4.39 Å². The Labute approximate surface area is 192 Å². The number of pyridine rings is 1. The molecule has 0 spiro atoms. The molecule has 0 atom stereocenters. The lowest BCUT2D eigenvalue weighted by molar-refractivity contribution is -0.0489. The zero-order valence-corrected chi connectivity index (χ0v) is 18.5. The molecule has 0 fully saturated rings. The van der Waals surface area contributed by atoms with Crippen molar-refractivity contribution in [1.29, 1.82) is 0 Å². The number of carbonyl (C=O) groups is 1. The van der Waals surface area contributed by atoms with E-state index in [1.165, 1.54) is 26.1 Å². The second-order valence-corrected chi connectivity index (χ2v) is 7.79. The van der Waals surface area contributed by atoms with Crippen LogP contribution in [0.2, 0.25) is 0 Å². The molecule has 3 heterocycles. The van der Waals surface area contributed by atoms with Crippen molar-refractivity contribution in [1.82, 2.24) is 25.6 Å². The number of H-pyrrole nitrogens is 1. The average molecular weight is 473 g/mol. The van der Waals surface area contributed by atoms with Gasteiger partial charge in [0.1, 0.15) is 16.9 Å². The Hall–Kier alpha value is -3.73. The highest BCUT2D eigenvalue weighted by Crippen LogP contribution is 2.31. The molecule has 2 aromatic heterocycles. The zero-order chi connectivity index (χ0) is 24.4. The van der Waals surface area contributed by atoms with E-state index in [4.69, 9.17) is 0 Å². The van der Waals surface area contributed by atoms with E-state index in [1.54, 1.807) is 6.07 Å². The first kappa shape index (κ1) is 23.4. The number of aromatic amines is 1. The van der Waals surface area contributed by atoms with Gasteiger partial charge in [0.05, 0.1) is 5.52 Å². The van der Waals surface area contributed by atoms with Crippen LogP contribution >= 0.6 is 0 Å². The number of nitrogens with one attached hydrogen (secondary N) is 3. The normalized spacial score (nSPS) is 13.8. The Morgan fingerprint density at radius 2 is 2.06 bits per heavy atom. The van der Waals surface area contributed by atoms with Crippen LogP contribution in [-0.2, 0) is 6.42 Å². The minimum atomic E-state index is -3.11. The molecule has 0 unspecified atom stereocenters. The van der Waals surface area contributed by atoms with Gasteiger partial charge in [-0.3, -0.25) is 9.59 Å². The Morgan fingerprint density at radius 3 is 2.74 bits per heavy atom. The third kappa shape index (κ3) is 4.79. The van der Waals surface area contributed by atoms with Crippen molar-refractivity contribution in [3.05, 3.63) is 68.7 Å². The minimum absolute atomic E-state index is 0.0645. The molecule has 11 heteroatoms. The molecule has 3 aromatic rings. The van der Waals surface area contributed by atoms with Crippen molar-refractivity contribution in [2.24, 2.45) is 0 Å². The van der Waals surface area contributed by atoms with Crippen molar-refractivity contribution in [3.8, 4) is 5.75 Å². The first-order valence-corrected chi connectivity index (χ1v) is 10.6. The van der Waals surface area contributed by atoms with Gasteiger partial charge >= 0.3 is 6.61 Å². The van der Waals surface area contributed by atoms with Gasteiger partial charge < -0.3 is 20.4 Å². The second-order valence-electron chi connectivity index (χ2n) is 7.79. The number of ether oxygens (including phenoxy) is 1. The first-order valence-electron chi connectivity index (χ1n) is 10.6. The van der Waals surface area contributed by atoms with Crippen molar-refractivity contribution < 1.29 is 22.7 Å². The van der Waals surface area contributed by atoms with E-state index in [-0.39, 0.29) is 40.2 Å². The summed E-state index contributed by atoms with van der Waals surface area (Å²) in [5.74, 6) is -1.57. The fourth-order valence-corrected chi connectivity index (χ4v) is 3.95. The maximum atomic E-state index is 15.2. The van der Waals surface area contributed by atoms with E-state index in [1.807, 2.05) is 6.08 Å². The number of amides is 1. The number of nitrogens with zero attached hydrogens (tertiary/aromatic N) is 2. The summed E-state index contributed by atoms with van der Waals surface area (Å²) < 4.78 is 46.0. The summed E-state index contributed by atoms with van der Waals surface area (Å²) in [6.45, 7) is -0.449. The van der Waals surface area contributed by atoms with Crippen molar-refractivity contribution in [2.75, 3.05) is 20.1 Å². The summed E-state index contributed by atoms with van der Waals surface area (Å²) >= 11 is 0. The molecule has 8 nitrogen and oxygen atoms in total. The number of rotatable bonds is 6. The summed E-state index contributed by atoms with van der Waals surface area (Å²) in [5, 5.41) is 5.58. The molecule has 0 saturated heterocycles. The zero-order valence-electron chi connectivity index (χ0n) is 18.5. The number of hydrogen-bond acceptors (Lipinski definition) is 6. The predicted molar refractivity (Wildman–Crippen MR) is 120 cm³/mol. The van der Waals surface area contributed by atoms with Crippen molar-refractivity contribution in [2.45, 2.75) is 26.4 Å². The van der Waals surface area contributed by atoms with Crippen LogP contribution in [0.5, 0.6) is 5.75 Å². The summed E-state index contributed by atoms with van der Waals surface area (Å²) in [6.07, 6.45) is 2.47. The van der Waals surface area contributed by atoms with Gasteiger partial charge in [0.2, 0.25) is 5.95 Å².